The van der Waals surface area contributed by atoms with Gasteiger partial charge in [0, 0.05) is 15.0 Å². The molecule has 0 spiro atoms. The molecule has 0 saturated heterocycles. The van der Waals surface area contributed by atoms with Crippen LogP contribution in [0.2, 0.25) is 0 Å². The van der Waals surface area contributed by atoms with E-state index in [4.69, 9.17) is 11.4 Å². The Morgan fingerprint density at radius 1 is 1.08 bits per heavy atom. The smallest absolute Gasteiger partial charge is 0.344 e. The third-order valence-corrected chi connectivity index (χ3v) is 8.50. The second kappa shape index (κ2) is 12.3. The molecule has 0 aliphatic carbocycles. The van der Waals surface area contributed by atoms with Crippen molar-refractivity contribution in [3.8, 4) is 11.1 Å². The number of nitrogens with one attached hydrogen (secondary N) is 2. The summed E-state index contributed by atoms with van der Waals surface area (Å²) in [4.78, 5) is 15.3. The van der Waals surface area contributed by atoms with Gasteiger partial charge in [-0.25, -0.2) is 5.53 Å². The SMILES string of the molecule is Cc1cc(SC(CC(C)(C)C)c2ccc(C(=O)NC/C(N=N)=N/N)s2)cc(C)c1-c1ccc(C(F)(F)F)cc1. The number of hydrazone groups is 1. The highest BCUT2D eigenvalue weighted by Gasteiger charge is 2.30. The largest absolute Gasteiger partial charge is 0.416 e. The molecule has 1 unspecified atom stereocenters. The van der Waals surface area contributed by atoms with Crippen molar-refractivity contribution in [3.05, 3.63) is 75.0 Å². The van der Waals surface area contributed by atoms with Gasteiger partial charge in [-0.05, 0) is 84.3 Å². The van der Waals surface area contributed by atoms with Crippen LogP contribution in [0, 0.1) is 24.8 Å². The number of hydrogen-bond donors (Lipinski definition) is 3. The zero-order valence-electron chi connectivity index (χ0n) is 22.4. The van der Waals surface area contributed by atoms with E-state index in [-0.39, 0.29) is 29.0 Å². The van der Waals surface area contributed by atoms with Gasteiger partial charge in [0.2, 0.25) is 0 Å². The van der Waals surface area contributed by atoms with Crippen LogP contribution in [0.1, 0.15) is 63.7 Å². The van der Waals surface area contributed by atoms with E-state index in [9.17, 15) is 18.0 Å². The molecule has 6 nitrogen and oxygen atoms in total. The Balaban J connectivity index is 1.86. The van der Waals surface area contributed by atoms with Crippen molar-refractivity contribution < 1.29 is 18.0 Å². The summed E-state index contributed by atoms with van der Waals surface area (Å²) < 4.78 is 39.0. The first kappa shape index (κ1) is 30.4. The molecule has 1 amide bonds. The highest BCUT2D eigenvalue weighted by Crippen LogP contribution is 2.46. The molecule has 1 aromatic heterocycles. The van der Waals surface area contributed by atoms with Crippen molar-refractivity contribution >= 4 is 34.8 Å². The number of carbonyl (C=O) groups is 1. The maximum atomic E-state index is 13.0. The van der Waals surface area contributed by atoms with E-state index in [1.54, 1.807) is 17.8 Å². The molecule has 39 heavy (non-hydrogen) atoms. The zero-order chi connectivity index (χ0) is 29.0. The number of thiophene rings is 1. The molecule has 3 rings (SSSR count). The molecular formula is C28H32F3N5OS2. The fraction of sp³-hybridized carbons (Fsp3) is 0.357. The van der Waals surface area contributed by atoms with Crippen LogP contribution < -0.4 is 11.2 Å². The third kappa shape index (κ3) is 8.15. The van der Waals surface area contributed by atoms with Crippen molar-refractivity contribution in [2.24, 2.45) is 21.5 Å². The molecule has 2 aromatic carbocycles. The number of rotatable bonds is 8. The lowest BCUT2D eigenvalue weighted by Gasteiger charge is -2.25. The minimum atomic E-state index is -4.37. The average molecular weight is 576 g/mol. The van der Waals surface area contributed by atoms with Gasteiger partial charge in [-0.2, -0.15) is 18.3 Å². The first-order chi connectivity index (χ1) is 18.2. The molecule has 0 saturated carbocycles. The molecule has 4 N–H and O–H groups in total. The Morgan fingerprint density at radius 3 is 2.21 bits per heavy atom. The molecule has 0 fully saturated rings. The number of nitrogens with two attached hydrogens (primary N) is 1. The van der Waals surface area contributed by atoms with E-state index >= 15 is 0 Å². The Kier molecular flexibility index (Phi) is 9.60. The Labute approximate surface area is 234 Å². The number of halogens is 3. The fourth-order valence-electron chi connectivity index (χ4n) is 4.20. The Morgan fingerprint density at radius 2 is 1.69 bits per heavy atom. The van der Waals surface area contributed by atoms with Crippen LogP contribution in [-0.4, -0.2) is 18.3 Å². The fourth-order valence-corrected chi connectivity index (χ4v) is 6.99. The normalized spacial score (nSPS) is 13.3. The topological polar surface area (TPSA) is 104 Å². The summed E-state index contributed by atoms with van der Waals surface area (Å²) in [5.41, 5.74) is 10.00. The maximum Gasteiger partial charge on any atom is 0.416 e. The molecular weight excluding hydrogens is 543 g/mol. The minimum absolute atomic E-state index is 0.0202. The molecule has 3 aromatic rings. The van der Waals surface area contributed by atoms with Gasteiger partial charge in [0.1, 0.15) is 0 Å². The first-order valence-electron chi connectivity index (χ1n) is 12.2. The minimum Gasteiger partial charge on any atom is -0.344 e. The summed E-state index contributed by atoms with van der Waals surface area (Å²) in [6.07, 6.45) is -3.51. The third-order valence-electron chi connectivity index (χ3n) is 5.94. The van der Waals surface area contributed by atoms with Gasteiger partial charge in [-0.1, -0.05) is 32.9 Å². The summed E-state index contributed by atoms with van der Waals surface area (Å²) in [6.45, 7) is 10.4. The quantitative estimate of drug-likeness (QED) is 0.0628. The molecule has 0 aliphatic heterocycles. The van der Waals surface area contributed by atoms with Gasteiger partial charge in [0.25, 0.3) is 5.91 Å². The van der Waals surface area contributed by atoms with E-state index in [0.29, 0.717) is 4.88 Å². The molecule has 0 bridgehead atoms. The van der Waals surface area contributed by atoms with Crippen LogP contribution in [0.25, 0.3) is 11.1 Å². The lowest BCUT2D eigenvalue weighted by atomic mass is 9.90. The predicted octanol–water partition coefficient (Wildman–Crippen LogP) is 8.35. The van der Waals surface area contributed by atoms with Gasteiger partial charge in [-0.15, -0.1) is 28.2 Å². The van der Waals surface area contributed by atoms with Gasteiger partial charge >= 0.3 is 6.18 Å². The van der Waals surface area contributed by atoms with E-state index in [2.05, 4.69) is 48.4 Å². The first-order valence-corrected chi connectivity index (χ1v) is 13.9. The van der Waals surface area contributed by atoms with E-state index in [1.165, 1.54) is 23.5 Å². The van der Waals surface area contributed by atoms with E-state index < -0.39 is 11.7 Å². The standard InChI is InChI=1S/C28H32F3N5OS2/c1-16-12-20(13-17(2)25(16)18-6-8-19(9-7-18)28(29,30)31)38-23(14-27(3,4)5)21-10-11-22(39-21)26(37)34-15-24(35-32)36-33/h6-13,23,32H,14-15,33H2,1-5H3,(H,34,37)/b35-32?,36-24-. The summed E-state index contributed by atoms with van der Waals surface area (Å²) in [5, 5.41) is 9.27. The predicted molar refractivity (Wildman–Crippen MR) is 152 cm³/mol. The number of alkyl halides is 3. The van der Waals surface area contributed by atoms with Crippen LogP contribution in [0.15, 0.2) is 63.6 Å². The zero-order valence-corrected chi connectivity index (χ0v) is 24.1. The molecule has 0 radical (unpaired) electrons. The summed E-state index contributed by atoms with van der Waals surface area (Å²) in [6, 6.07) is 13.2. The molecule has 1 heterocycles. The van der Waals surface area contributed by atoms with Crippen molar-refractivity contribution in [1.82, 2.24) is 5.32 Å². The number of aryl methyl sites for hydroxylation is 2. The number of hydrogen-bond acceptors (Lipinski definition) is 6. The monoisotopic (exact) mass is 575 g/mol. The molecule has 1 atom stereocenters. The maximum absolute atomic E-state index is 13.0. The number of benzene rings is 2. The lowest BCUT2D eigenvalue weighted by molar-refractivity contribution is -0.137. The molecule has 11 heteroatoms. The highest BCUT2D eigenvalue weighted by molar-refractivity contribution is 7.99. The lowest BCUT2D eigenvalue weighted by Crippen LogP contribution is -2.28. The highest BCUT2D eigenvalue weighted by atomic mass is 32.2. The average Bonchev–Trinajstić information content (AvgIpc) is 3.33. The van der Waals surface area contributed by atoms with Gasteiger partial charge in [-0.3, -0.25) is 4.79 Å². The second-order valence-corrected chi connectivity index (χ2v) is 12.8. The van der Waals surface area contributed by atoms with Crippen molar-refractivity contribution in [3.63, 3.8) is 0 Å². The summed E-state index contributed by atoms with van der Waals surface area (Å²) in [5.74, 6) is 4.88. The van der Waals surface area contributed by atoms with Crippen LogP contribution >= 0.6 is 23.1 Å². The van der Waals surface area contributed by atoms with Crippen molar-refractivity contribution in [2.45, 2.75) is 57.4 Å². The number of amides is 1. The number of thioether (sulfide) groups is 1. The van der Waals surface area contributed by atoms with Crippen LogP contribution in [0.4, 0.5) is 13.2 Å². The van der Waals surface area contributed by atoms with Crippen LogP contribution in [0.3, 0.4) is 0 Å². The van der Waals surface area contributed by atoms with Crippen LogP contribution in [0.5, 0.6) is 0 Å². The summed E-state index contributed by atoms with van der Waals surface area (Å²) >= 11 is 3.13. The number of carbonyl (C=O) groups excluding carboxylic acids is 1. The number of nitrogens with zero attached hydrogens (tertiary/aromatic N) is 2. The van der Waals surface area contributed by atoms with Crippen molar-refractivity contribution in [2.75, 3.05) is 6.54 Å². The number of amidine groups is 1. The van der Waals surface area contributed by atoms with Crippen molar-refractivity contribution in [1.29, 1.82) is 5.53 Å². The Hall–Kier alpha value is -3.18. The second-order valence-electron chi connectivity index (χ2n) is 10.4. The molecule has 0 aliphatic rings. The van der Waals surface area contributed by atoms with E-state index in [1.807, 2.05) is 19.9 Å². The van der Waals surface area contributed by atoms with Crippen LogP contribution in [-0.2, 0) is 6.18 Å². The van der Waals surface area contributed by atoms with Gasteiger partial charge in [0.15, 0.2) is 5.84 Å². The van der Waals surface area contributed by atoms with E-state index in [0.717, 1.165) is 50.6 Å². The molecule has 208 valence electrons. The Bertz CT molecular complexity index is 1340. The van der Waals surface area contributed by atoms with Gasteiger partial charge in [0.05, 0.1) is 17.0 Å². The van der Waals surface area contributed by atoms with Gasteiger partial charge < -0.3 is 11.2 Å². The summed E-state index contributed by atoms with van der Waals surface area (Å²) in [7, 11) is 0.